The second kappa shape index (κ2) is 9.75. The van der Waals surface area contributed by atoms with Crippen LogP contribution in [0.3, 0.4) is 0 Å². The van der Waals surface area contributed by atoms with E-state index in [1.165, 1.54) is 4.57 Å². The Bertz CT molecular complexity index is 1470. The van der Waals surface area contributed by atoms with E-state index < -0.39 is 0 Å². The normalized spacial score (nSPS) is 12.1. The Hall–Kier alpha value is -3.55. The summed E-state index contributed by atoms with van der Waals surface area (Å²) in [4.78, 5) is 31.5. The fourth-order valence-electron chi connectivity index (χ4n) is 4.12. The van der Waals surface area contributed by atoms with E-state index in [2.05, 4.69) is 15.2 Å². The summed E-state index contributed by atoms with van der Waals surface area (Å²) >= 11 is 5.53. The van der Waals surface area contributed by atoms with E-state index in [4.69, 9.17) is 12.2 Å². The molecule has 2 N–H and O–H groups in total. The van der Waals surface area contributed by atoms with Crippen LogP contribution in [0.1, 0.15) is 33.1 Å². The fourth-order valence-corrected chi connectivity index (χ4v) is 4.41. The van der Waals surface area contributed by atoms with Crippen molar-refractivity contribution in [2.45, 2.75) is 19.9 Å². The number of amides is 1. The third-order valence-electron chi connectivity index (χ3n) is 6.24. The molecule has 0 spiro atoms. The van der Waals surface area contributed by atoms with Crippen molar-refractivity contribution in [2.75, 3.05) is 20.6 Å². The van der Waals surface area contributed by atoms with Gasteiger partial charge in [0, 0.05) is 12.1 Å². The highest BCUT2D eigenvalue weighted by Crippen LogP contribution is 2.19. The molecule has 0 aliphatic rings. The molecule has 4 aromatic rings. The average Bonchev–Trinajstić information content (AvgIpc) is 2.82. The average molecular weight is 473 g/mol. The van der Waals surface area contributed by atoms with Crippen LogP contribution in [0.4, 0.5) is 0 Å². The van der Waals surface area contributed by atoms with Gasteiger partial charge in [-0.25, -0.2) is 0 Å². The standard InChI is InChI=1S/C27H28N4O2S/c1-17-9-8-12-23(18(17)2)31-26(33)21-14-13-20(15-22(21)29-27(31)34)25(32)28-16-24(30(3)4)19-10-6-5-7-11-19/h5-15,24H,16H2,1-4H3,(H,28,32)(H,29,34). The van der Waals surface area contributed by atoms with Gasteiger partial charge in [0.1, 0.15) is 0 Å². The maximum absolute atomic E-state index is 13.3. The molecule has 0 aliphatic heterocycles. The smallest absolute Gasteiger partial charge is 0.266 e. The van der Waals surface area contributed by atoms with E-state index in [1.807, 2.05) is 76.5 Å². The largest absolute Gasteiger partial charge is 0.350 e. The van der Waals surface area contributed by atoms with Crippen LogP contribution in [0.2, 0.25) is 0 Å². The molecule has 1 aromatic heterocycles. The van der Waals surface area contributed by atoms with Crippen LogP contribution >= 0.6 is 12.2 Å². The number of benzene rings is 3. The first kappa shape index (κ1) is 23.6. The summed E-state index contributed by atoms with van der Waals surface area (Å²) in [5.74, 6) is -0.206. The maximum Gasteiger partial charge on any atom is 0.266 e. The summed E-state index contributed by atoms with van der Waals surface area (Å²) in [7, 11) is 3.97. The third kappa shape index (κ3) is 4.58. The molecule has 174 valence electrons. The summed E-state index contributed by atoms with van der Waals surface area (Å²) in [6.45, 7) is 4.43. The van der Waals surface area contributed by atoms with Crippen molar-refractivity contribution in [1.29, 1.82) is 0 Å². The number of H-pyrrole nitrogens is 1. The number of fused-ring (bicyclic) bond motifs is 1. The number of hydrogen-bond acceptors (Lipinski definition) is 4. The van der Waals surface area contributed by atoms with Crippen LogP contribution in [-0.4, -0.2) is 41.0 Å². The molecule has 6 nitrogen and oxygen atoms in total. The van der Waals surface area contributed by atoms with E-state index in [0.29, 0.717) is 27.8 Å². The molecule has 0 bridgehead atoms. The van der Waals surface area contributed by atoms with Gasteiger partial charge in [-0.1, -0.05) is 42.5 Å². The molecule has 0 saturated carbocycles. The van der Waals surface area contributed by atoms with Gasteiger partial charge in [-0.2, -0.15) is 0 Å². The Morgan fingerprint density at radius 1 is 1.06 bits per heavy atom. The number of likely N-dealkylation sites (N-methyl/N-ethyl adjacent to an activating group) is 1. The van der Waals surface area contributed by atoms with Crippen molar-refractivity contribution < 1.29 is 4.79 Å². The number of aromatic nitrogens is 2. The first-order chi connectivity index (χ1) is 16.3. The second-order valence-corrected chi connectivity index (χ2v) is 9.04. The number of carbonyl (C=O) groups excluding carboxylic acids is 1. The molecule has 0 radical (unpaired) electrons. The van der Waals surface area contributed by atoms with E-state index in [9.17, 15) is 9.59 Å². The van der Waals surface area contributed by atoms with Gasteiger partial charge in [-0.3, -0.25) is 14.2 Å². The SMILES string of the molecule is Cc1cccc(-n2c(=S)[nH]c3cc(C(=O)NCC(c4ccccc4)N(C)C)ccc3c2=O)c1C. The van der Waals surface area contributed by atoms with Crippen molar-refractivity contribution >= 4 is 29.0 Å². The van der Waals surface area contributed by atoms with E-state index in [1.54, 1.807) is 18.2 Å². The molecule has 0 saturated heterocycles. The number of rotatable bonds is 6. The quantitative estimate of drug-likeness (QED) is 0.399. The van der Waals surface area contributed by atoms with Crippen LogP contribution in [0.15, 0.2) is 71.5 Å². The van der Waals surface area contributed by atoms with Crippen LogP contribution in [-0.2, 0) is 0 Å². The van der Waals surface area contributed by atoms with Crippen LogP contribution < -0.4 is 10.9 Å². The van der Waals surface area contributed by atoms with E-state index in [0.717, 1.165) is 22.4 Å². The van der Waals surface area contributed by atoms with Gasteiger partial charge in [-0.15, -0.1) is 0 Å². The number of nitrogens with one attached hydrogen (secondary N) is 2. The van der Waals surface area contributed by atoms with Crippen molar-refractivity contribution in [2.24, 2.45) is 0 Å². The molecule has 34 heavy (non-hydrogen) atoms. The van der Waals surface area contributed by atoms with Crippen molar-refractivity contribution in [1.82, 2.24) is 19.8 Å². The topological polar surface area (TPSA) is 70.1 Å². The maximum atomic E-state index is 13.3. The summed E-state index contributed by atoms with van der Waals surface area (Å²) in [6, 6.07) is 20.9. The molecule has 3 aromatic carbocycles. The number of hydrogen-bond donors (Lipinski definition) is 2. The van der Waals surface area contributed by atoms with Gasteiger partial charge in [0.15, 0.2) is 4.77 Å². The molecular weight excluding hydrogens is 444 g/mol. The van der Waals surface area contributed by atoms with Gasteiger partial charge in [-0.05, 0) is 81.1 Å². The highest BCUT2D eigenvalue weighted by Gasteiger charge is 2.17. The zero-order chi connectivity index (χ0) is 24.4. The lowest BCUT2D eigenvalue weighted by Gasteiger charge is -2.25. The van der Waals surface area contributed by atoms with E-state index in [-0.39, 0.29) is 17.5 Å². The lowest BCUT2D eigenvalue weighted by atomic mass is 10.1. The third-order valence-corrected chi connectivity index (χ3v) is 6.53. The summed E-state index contributed by atoms with van der Waals surface area (Å²) in [5, 5.41) is 3.49. The molecule has 1 unspecified atom stereocenters. The molecule has 0 fully saturated rings. The molecular formula is C27H28N4O2S. The number of carbonyl (C=O) groups is 1. The van der Waals surface area contributed by atoms with Gasteiger partial charge in [0.05, 0.1) is 22.6 Å². The first-order valence-corrected chi connectivity index (χ1v) is 11.5. The molecule has 1 amide bonds. The van der Waals surface area contributed by atoms with E-state index >= 15 is 0 Å². The first-order valence-electron chi connectivity index (χ1n) is 11.1. The van der Waals surface area contributed by atoms with Gasteiger partial charge < -0.3 is 15.2 Å². The van der Waals surface area contributed by atoms with Gasteiger partial charge in [0.25, 0.3) is 11.5 Å². The monoisotopic (exact) mass is 472 g/mol. The summed E-state index contributed by atoms with van der Waals surface area (Å²) in [6.07, 6.45) is 0. The Morgan fingerprint density at radius 2 is 1.79 bits per heavy atom. The predicted octanol–water partition coefficient (Wildman–Crippen LogP) is 4.70. The number of nitrogens with zero attached hydrogens (tertiary/aromatic N) is 2. The zero-order valence-corrected chi connectivity index (χ0v) is 20.6. The van der Waals surface area contributed by atoms with Gasteiger partial charge in [0.2, 0.25) is 0 Å². The molecule has 1 atom stereocenters. The zero-order valence-electron chi connectivity index (χ0n) is 19.8. The fraction of sp³-hybridized carbons (Fsp3) is 0.222. The molecule has 0 aliphatic carbocycles. The van der Waals surface area contributed by atoms with Crippen LogP contribution in [0.25, 0.3) is 16.6 Å². The lowest BCUT2D eigenvalue weighted by Crippen LogP contribution is -2.34. The minimum Gasteiger partial charge on any atom is -0.350 e. The number of aromatic amines is 1. The Balaban J connectivity index is 1.64. The Kier molecular flexibility index (Phi) is 6.77. The minimum absolute atomic E-state index is 0.0428. The second-order valence-electron chi connectivity index (χ2n) is 8.65. The van der Waals surface area contributed by atoms with Crippen molar-refractivity contribution in [3.05, 3.63) is 104 Å². The van der Waals surface area contributed by atoms with Crippen molar-refractivity contribution in [3.8, 4) is 5.69 Å². The summed E-state index contributed by atoms with van der Waals surface area (Å²) < 4.78 is 1.81. The number of aryl methyl sites for hydroxylation is 1. The van der Waals surface area contributed by atoms with Crippen molar-refractivity contribution in [3.63, 3.8) is 0 Å². The van der Waals surface area contributed by atoms with Crippen LogP contribution in [0.5, 0.6) is 0 Å². The Morgan fingerprint density at radius 3 is 2.50 bits per heavy atom. The molecule has 4 rings (SSSR count). The highest BCUT2D eigenvalue weighted by molar-refractivity contribution is 7.71. The van der Waals surface area contributed by atoms with Gasteiger partial charge >= 0.3 is 0 Å². The molecule has 1 heterocycles. The van der Waals surface area contributed by atoms with Crippen LogP contribution in [0, 0.1) is 18.6 Å². The predicted molar refractivity (Wildman–Crippen MR) is 139 cm³/mol. The lowest BCUT2D eigenvalue weighted by molar-refractivity contribution is 0.0942. The summed E-state index contributed by atoms with van der Waals surface area (Å²) in [5.41, 5.74) is 4.75. The molecule has 7 heteroatoms. The Labute approximate surface area is 203 Å². The minimum atomic E-state index is -0.212. The highest BCUT2D eigenvalue weighted by atomic mass is 32.1.